The minimum Gasteiger partial charge on any atom is -0.374 e. The van der Waals surface area contributed by atoms with Crippen molar-refractivity contribution in [2.24, 2.45) is 0 Å². The first-order chi connectivity index (χ1) is 16.3. The van der Waals surface area contributed by atoms with Gasteiger partial charge in [-0.05, 0) is 29.3 Å². The SMILES string of the molecule is COC1C=C(C#Cc2ccccc2)[C@H](OCc2ccccc2)[C@@H](COCc2ccccc2)O1. The van der Waals surface area contributed by atoms with Crippen molar-refractivity contribution in [3.63, 3.8) is 0 Å². The van der Waals surface area contributed by atoms with Crippen LogP contribution in [-0.4, -0.2) is 32.2 Å². The lowest BCUT2D eigenvalue weighted by Gasteiger charge is -2.34. The van der Waals surface area contributed by atoms with Crippen LogP contribution in [0.25, 0.3) is 0 Å². The van der Waals surface area contributed by atoms with E-state index >= 15 is 0 Å². The molecule has 0 spiro atoms. The van der Waals surface area contributed by atoms with Gasteiger partial charge in [0.1, 0.15) is 12.2 Å². The molecule has 4 heteroatoms. The summed E-state index contributed by atoms with van der Waals surface area (Å²) in [7, 11) is 1.62. The molecule has 0 saturated heterocycles. The van der Waals surface area contributed by atoms with E-state index in [1.54, 1.807) is 7.11 Å². The highest BCUT2D eigenvalue weighted by Gasteiger charge is 2.33. The molecule has 0 N–H and O–H groups in total. The third kappa shape index (κ3) is 6.89. The Hall–Kier alpha value is -3.20. The van der Waals surface area contributed by atoms with Crippen LogP contribution in [0.2, 0.25) is 0 Å². The molecule has 3 aromatic rings. The molecule has 3 aromatic carbocycles. The third-order valence-electron chi connectivity index (χ3n) is 5.29. The van der Waals surface area contributed by atoms with E-state index in [0.717, 1.165) is 22.3 Å². The molecule has 0 bridgehead atoms. The highest BCUT2D eigenvalue weighted by Crippen LogP contribution is 2.25. The van der Waals surface area contributed by atoms with Gasteiger partial charge in [-0.15, -0.1) is 0 Å². The van der Waals surface area contributed by atoms with Gasteiger partial charge in [0, 0.05) is 18.2 Å². The van der Waals surface area contributed by atoms with E-state index in [1.807, 2.05) is 97.1 Å². The van der Waals surface area contributed by atoms with E-state index in [2.05, 4.69) is 11.8 Å². The van der Waals surface area contributed by atoms with Crippen LogP contribution in [0.5, 0.6) is 0 Å². The molecule has 0 radical (unpaired) electrons. The maximum absolute atomic E-state index is 6.35. The summed E-state index contributed by atoms with van der Waals surface area (Å²) in [5.41, 5.74) is 3.97. The third-order valence-corrected chi connectivity index (χ3v) is 5.29. The van der Waals surface area contributed by atoms with Gasteiger partial charge < -0.3 is 18.9 Å². The lowest BCUT2D eigenvalue weighted by molar-refractivity contribution is -0.187. The van der Waals surface area contributed by atoms with Crippen LogP contribution in [0.1, 0.15) is 16.7 Å². The van der Waals surface area contributed by atoms with Crippen molar-refractivity contribution < 1.29 is 18.9 Å². The zero-order valence-corrected chi connectivity index (χ0v) is 18.7. The molecule has 1 aliphatic heterocycles. The Morgan fingerprint density at radius 1 is 0.758 bits per heavy atom. The van der Waals surface area contributed by atoms with Gasteiger partial charge in [-0.25, -0.2) is 0 Å². The van der Waals surface area contributed by atoms with E-state index in [1.165, 1.54) is 0 Å². The molecule has 1 heterocycles. The van der Waals surface area contributed by atoms with E-state index in [4.69, 9.17) is 18.9 Å². The Labute approximate surface area is 195 Å². The van der Waals surface area contributed by atoms with Crippen LogP contribution in [-0.2, 0) is 32.2 Å². The van der Waals surface area contributed by atoms with E-state index in [-0.39, 0.29) is 12.2 Å². The average molecular weight is 441 g/mol. The number of hydrogen-bond donors (Lipinski definition) is 0. The zero-order valence-electron chi connectivity index (χ0n) is 18.7. The van der Waals surface area contributed by atoms with Crippen LogP contribution < -0.4 is 0 Å². The van der Waals surface area contributed by atoms with Gasteiger partial charge >= 0.3 is 0 Å². The van der Waals surface area contributed by atoms with Crippen LogP contribution in [0, 0.1) is 11.8 Å². The number of methoxy groups -OCH3 is 1. The maximum atomic E-state index is 6.35. The van der Waals surface area contributed by atoms with Crippen LogP contribution in [0.3, 0.4) is 0 Å². The van der Waals surface area contributed by atoms with E-state index < -0.39 is 6.29 Å². The van der Waals surface area contributed by atoms with Gasteiger partial charge in [0.25, 0.3) is 0 Å². The summed E-state index contributed by atoms with van der Waals surface area (Å²) in [4.78, 5) is 0. The summed E-state index contributed by atoms with van der Waals surface area (Å²) in [5.74, 6) is 6.54. The fourth-order valence-electron chi connectivity index (χ4n) is 3.58. The van der Waals surface area contributed by atoms with E-state index in [9.17, 15) is 0 Å². The van der Waals surface area contributed by atoms with Crippen molar-refractivity contribution >= 4 is 0 Å². The normalized spacial score (nSPS) is 19.9. The topological polar surface area (TPSA) is 36.9 Å². The minimum absolute atomic E-state index is 0.354. The standard InChI is InChI=1S/C29H28O4/c1-30-28-19-26(18-17-23-11-5-2-6-12-23)29(32-21-25-15-9-4-10-16-25)27(33-28)22-31-20-24-13-7-3-8-14-24/h2-16,19,27-29H,20-22H2,1H3/t27-,28?,29+/m1/s1. The molecule has 0 saturated carbocycles. The lowest BCUT2D eigenvalue weighted by atomic mass is 10.0. The van der Waals surface area contributed by atoms with E-state index in [0.29, 0.717) is 19.8 Å². The lowest BCUT2D eigenvalue weighted by Crippen LogP contribution is -2.43. The van der Waals surface area contributed by atoms with Gasteiger partial charge in [0.15, 0.2) is 6.29 Å². The second kappa shape index (κ2) is 12.2. The first-order valence-electron chi connectivity index (χ1n) is 11.1. The second-order valence-corrected chi connectivity index (χ2v) is 7.73. The number of benzene rings is 3. The van der Waals surface area contributed by atoms with Gasteiger partial charge in [-0.1, -0.05) is 90.7 Å². The van der Waals surface area contributed by atoms with Crippen molar-refractivity contribution in [2.75, 3.05) is 13.7 Å². The van der Waals surface area contributed by atoms with Gasteiger partial charge in [-0.3, -0.25) is 0 Å². The quantitative estimate of drug-likeness (QED) is 0.455. The largest absolute Gasteiger partial charge is 0.374 e. The monoisotopic (exact) mass is 440 g/mol. The van der Waals surface area contributed by atoms with Crippen molar-refractivity contribution in [3.8, 4) is 11.8 Å². The highest BCUT2D eigenvalue weighted by molar-refractivity contribution is 5.43. The Bertz CT molecular complexity index is 1070. The number of ether oxygens (including phenoxy) is 4. The molecular formula is C29H28O4. The molecule has 1 unspecified atom stereocenters. The molecule has 168 valence electrons. The molecule has 0 aromatic heterocycles. The van der Waals surface area contributed by atoms with Crippen molar-refractivity contribution in [1.82, 2.24) is 0 Å². The first kappa shape index (κ1) is 23.0. The highest BCUT2D eigenvalue weighted by atomic mass is 16.7. The molecular weight excluding hydrogens is 412 g/mol. The molecule has 0 aliphatic carbocycles. The number of hydrogen-bond acceptors (Lipinski definition) is 4. The Balaban J connectivity index is 1.53. The predicted octanol–water partition coefficient (Wildman–Crippen LogP) is 5.14. The minimum atomic E-state index is -0.507. The fraction of sp³-hybridized carbons (Fsp3) is 0.241. The summed E-state index contributed by atoms with van der Waals surface area (Å²) in [6.45, 7) is 1.31. The summed E-state index contributed by atoms with van der Waals surface area (Å²) < 4.78 is 24.0. The Morgan fingerprint density at radius 2 is 1.36 bits per heavy atom. The summed E-state index contributed by atoms with van der Waals surface area (Å²) in [5, 5.41) is 0. The first-order valence-corrected chi connectivity index (χ1v) is 11.1. The van der Waals surface area contributed by atoms with Crippen molar-refractivity contribution in [3.05, 3.63) is 119 Å². The second-order valence-electron chi connectivity index (χ2n) is 7.73. The smallest absolute Gasteiger partial charge is 0.178 e. The van der Waals surface area contributed by atoms with Gasteiger partial charge in [0.05, 0.1) is 19.8 Å². The number of rotatable bonds is 8. The van der Waals surface area contributed by atoms with Gasteiger partial charge in [0.2, 0.25) is 0 Å². The molecule has 1 aliphatic rings. The Kier molecular flexibility index (Phi) is 8.46. The average Bonchev–Trinajstić information content (AvgIpc) is 2.88. The van der Waals surface area contributed by atoms with Crippen LogP contribution in [0.4, 0.5) is 0 Å². The predicted molar refractivity (Wildman–Crippen MR) is 128 cm³/mol. The maximum Gasteiger partial charge on any atom is 0.178 e. The van der Waals surface area contributed by atoms with Crippen molar-refractivity contribution in [1.29, 1.82) is 0 Å². The van der Waals surface area contributed by atoms with Gasteiger partial charge in [-0.2, -0.15) is 0 Å². The van der Waals surface area contributed by atoms with Crippen LogP contribution >= 0.6 is 0 Å². The molecule has 3 atom stereocenters. The van der Waals surface area contributed by atoms with Crippen molar-refractivity contribution in [2.45, 2.75) is 31.7 Å². The molecule has 4 rings (SSSR count). The summed E-state index contributed by atoms with van der Waals surface area (Å²) >= 11 is 0. The molecule has 0 amide bonds. The molecule has 4 nitrogen and oxygen atoms in total. The summed E-state index contributed by atoms with van der Waals surface area (Å²) in [6, 6.07) is 30.1. The fourth-order valence-corrected chi connectivity index (χ4v) is 3.58. The Morgan fingerprint density at radius 3 is 2.00 bits per heavy atom. The zero-order chi connectivity index (χ0) is 22.7. The summed E-state index contributed by atoms with van der Waals surface area (Å²) in [6.07, 6.45) is 0.655. The van der Waals surface area contributed by atoms with Crippen LogP contribution in [0.15, 0.2) is 103 Å². The molecule has 0 fully saturated rings. The molecule has 33 heavy (non-hydrogen) atoms.